The summed E-state index contributed by atoms with van der Waals surface area (Å²) in [7, 11) is 1.88. The van der Waals surface area contributed by atoms with Crippen molar-refractivity contribution in [3.63, 3.8) is 0 Å². The van der Waals surface area contributed by atoms with Crippen molar-refractivity contribution in [1.82, 2.24) is 14.4 Å². The Bertz CT molecular complexity index is 1060. The number of hydrogen-bond acceptors (Lipinski definition) is 3. The fourth-order valence-electron chi connectivity index (χ4n) is 3.45. The van der Waals surface area contributed by atoms with E-state index in [9.17, 15) is 22.8 Å². The molecule has 0 fully saturated rings. The van der Waals surface area contributed by atoms with Gasteiger partial charge in [0.05, 0.1) is 24.9 Å². The first-order valence-electron chi connectivity index (χ1n) is 10.6. The first-order chi connectivity index (χ1) is 15.7. The van der Waals surface area contributed by atoms with E-state index in [1.807, 2.05) is 36.9 Å². The van der Waals surface area contributed by atoms with Gasteiger partial charge in [-0.05, 0) is 55.0 Å². The number of furan rings is 1. The van der Waals surface area contributed by atoms with E-state index in [-0.39, 0.29) is 24.6 Å². The molecule has 0 unspecified atom stereocenters. The van der Waals surface area contributed by atoms with Crippen LogP contribution < -0.4 is 0 Å². The molecule has 0 aliphatic heterocycles. The van der Waals surface area contributed by atoms with Crippen LogP contribution in [0.3, 0.4) is 0 Å². The second kappa shape index (κ2) is 10.4. The zero-order valence-corrected chi connectivity index (χ0v) is 18.5. The molecule has 0 saturated carbocycles. The van der Waals surface area contributed by atoms with Gasteiger partial charge < -0.3 is 18.8 Å². The van der Waals surface area contributed by atoms with Crippen LogP contribution in [-0.2, 0) is 31.1 Å². The van der Waals surface area contributed by atoms with Gasteiger partial charge in [0.2, 0.25) is 5.91 Å². The molecule has 0 N–H and O–H groups in total. The minimum absolute atomic E-state index is 0.101. The Labute approximate surface area is 190 Å². The first-order valence-corrected chi connectivity index (χ1v) is 10.6. The minimum atomic E-state index is -4.48. The molecule has 0 radical (unpaired) electrons. The van der Waals surface area contributed by atoms with Crippen LogP contribution in [0.2, 0.25) is 0 Å². The van der Waals surface area contributed by atoms with Crippen molar-refractivity contribution < 1.29 is 27.2 Å². The van der Waals surface area contributed by atoms with Crippen LogP contribution in [0.1, 0.15) is 40.7 Å². The third-order valence-electron chi connectivity index (χ3n) is 5.25. The SMILES string of the molecule is CCCN(CC(=O)N(Cc1ccco1)Cc1cccn1C)C(=O)c1ccc(C(F)(F)F)cc1. The number of alkyl halides is 3. The summed E-state index contributed by atoms with van der Waals surface area (Å²) in [5, 5.41) is 0. The Kier molecular flexibility index (Phi) is 7.63. The lowest BCUT2D eigenvalue weighted by molar-refractivity contribution is -0.137. The van der Waals surface area contributed by atoms with Gasteiger partial charge in [0.1, 0.15) is 12.3 Å². The second-order valence-electron chi connectivity index (χ2n) is 7.74. The summed E-state index contributed by atoms with van der Waals surface area (Å²) in [4.78, 5) is 29.2. The van der Waals surface area contributed by atoms with Crippen LogP contribution in [0.15, 0.2) is 65.4 Å². The second-order valence-corrected chi connectivity index (χ2v) is 7.74. The molecule has 33 heavy (non-hydrogen) atoms. The zero-order valence-electron chi connectivity index (χ0n) is 18.5. The van der Waals surface area contributed by atoms with E-state index in [0.29, 0.717) is 25.3 Å². The van der Waals surface area contributed by atoms with Crippen molar-refractivity contribution in [1.29, 1.82) is 0 Å². The number of rotatable bonds is 9. The molecule has 2 aromatic heterocycles. The molecule has 9 heteroatoms. The summed E-state index contributed by atoms with van der Waals surface area (Å²) in [5.74, 6) is -0.175. The van der Waals surface area contributed by atoms with Gasteiger partial charge in [-0.3, -0.25) is 9.59 Å². The topological polar surface area (TPSA) is 58.7 Å². The van der Waals surface area contributed by atoms with Crippen LogP contribution in [0.25, 0.3) is 0 Å². The van der Waals surface area contributed by atoms with E-state index in [2.05, 4.69) is 0 Å². The van der Waals surface area contributed by atoms with Gasteiger partial charge >= 0.3 is 6.18 Å². The Morgan fingerprint density at radius 3 is 2.27 bits per heavy atom. The van der Waals surface area contributed by atoms with Crippen molar-refractivity contribution in [3.05, 3.63) is 83.6 Å². The van der Waals surface area contributed by atoms with Gasteiger partial charge in [-0.15, -0.1) is 0 Å². The van der Waals surface area contributed by atoms with Crippen molar-refractivity contribution in [3.8, 4) is 0 Å². The van der Waals surface area contributed by atoms with Crippen LogP contribution in [0.5, 0.6) is 0 Å². The highest BCUT2D eigenvalue weighted by Gasteiger charge is 2.30. The number of aromatic nitrogens is 1. The number of amides is 2. The Morgan fingerprint density at radius 2 is 1.73 bits per heavy atom. The van der Waals surface area contributed by atoms with Crippen LogP contribution >= 0.6 is 0 Å². The molecule has 6 nitrogen and oxygen atoms in total. The smallest absolute Gasteiger partial charge is 0.416 e. The van der Waals surface area contributed by atoms with Gasteiger partial charge in [0.15, 0.2) is 0 Å². The number of halogens is 3. The van der Waals surface area contributed by atoms with E-state index in [1.165, 1.54) is 11.2 Å². The van der Waals surface area contributed by atoms with Crippen LogP contribution in [0.4, 0.5) is 13.2 Å². The van der Waals surface area contributed by atoms with Gasteiger partial charge in [0.25, 0.3) is 5.91 Å². The third-order valence-corrected chi connectivity index (χ3v) is 5.25. The lowest BCUT2D eigenvalue weighted by atomic mass is 10.1. The third kappa shape index (κ3) is 6.27. The lowest BCUT2D eigenvalue weighted by Crippen LogP contribution is -2.43. The molecule has 1 aromatic carbocycles. The molecular weight excluding hydrogens is 435 g/mol. The maximum absolute atomic E-state index is 13.2. The normalized spacial score (nSPS) is 11.4. The standard InChI is InChI=1S/C24H26F3N3O3/c1-3-12-29(23(32)18-8-10-19(11-9-18)24(25,26)27)17-22(31)30(16-21-7-5-14-33-21)15-20-6-4-13-28(20)2/h4-11,13-14H,3,12,15-17H2,1-2H3. The number of carbonyl (C=O) groups is 2. The lowest BCUT2D eigenvalue weighted by Gasteiger charge is -2.27. The van der Waals surface area contributed by atoms with Crippen LogP contribution in [0, 0.1) is 0 Å². The monoisotopic (exact) mass is 461 g/mol. The molecule has 3 rings (SSSR count). The van der Waals surface area contributed by atoms with Crippen LogP contribution in [-0.4, -0.2) is 39.3 Å². The molecule has 3 aromatic rings. The summed E-state index contributed by atoms with van der Waals surface area (Å²) in [5.41, 5.74) is 0.180. The van der Waals surface area contributed by atoms with Gasteiger partial charge in [-0.25, -0.2) is 0 Å². The maximum atomic E-state index is 13.2. The highest BCUT2D eigenvalue weighted by Crippen LogP contribution is 2.29. The Hall–Kier alpha value is -3.49. The van der Waals surface area contributed by atoms with Gasteiger partial charge in [-0.1, -0.05) is 6.92 Å². The molecule has 0 atom stereocenters. The molecule has 176 valence electrons. The summed E-state index contributed by atoms with van der Waals surface area (Å²) < 4.78 is 45.8. The van der Waals surface area contributed by atoms with Crippen molar-refractivity contribution >= 4 is 11.8 Å². The minimum Gasteiger partial charge on any atom is -0.467 e. The fraction of sp³-hybridized carbons (Fsp3) is 0.333. The average Bonchev–Trinajstić information content (AvgIpc) is 3.44. The summed E-state index contributed by atoms with van der Waals surface area (Å²) >= 11 is 0. The number of carbonyl (C=O) groups excluding carboxylic acids is 2. The predicted molar refractivity (Wildman–Crippen MR) is 116 cm³/mol. The molecule has 0 aliphatic rings. The number of aryl methyl sites for hydroxylation is 1. The predicted octanol–water partition coefficient (Wildman–Crippen LogP) is 4.72. The Morgan fingerprint density at radius 1 is 1.00 bits per heavy atom. The zero-order chi connectivity index (χ0) is 24.0. The van der Waals surface area contributed by atoms with E-state index < -0.39 is 17.6 Å². The highest BCUT2D eigenvalue weighted by atomic mass is 19.4. The molecule has 0 saturated heterocycles. The summed E-state index contributed by atoms with van der Waals surface area (Å²) in [6.07, 6.45) is -0.486. The number of benzene rings is 1. The molecule has 0 bridgehead atoms. The van der Waals surface area contributed by atoms with E-state index in [1.54, 1.807) is 17.0 Å². The molecule has 0 spiro atoms. The molecule has 2 amide bonds. The highest BCUT2D eigenvalue weighted by molar-refractivity contribution is 5.96. The number of nitrogens with zero attached hydrogens (tertiary/aromatic N) is 3. The molecule has 0 aliphatic carbocycles. The van der Waals surface area contributed by atoms with E-state index in [0.717, 1.165) is 30.0 Å². The van der Waals surface area contributed by atoms with Gasteiger partial charge in [-0.2, -0.15) is 13.2 Å². The fourth-order valence-corrected chi connectivity index (χ4v) is 3.45. The quantitative estimate of drug-likeness (QED) is 0.464. The summed E-state index contributed by atoms with van der Waals surface area (Å²) in [6.45, 7) is 2.51. The average molecular weight is 461 g/mol. The Balaban J connectivity index is 1.77. The van der Waals surface area contributed by atoms with Crippen molar-refractivity contribution in [2.45, 2.75) is 32.6 Å². The van der Waals surface area contributed by atoms with Crippen molar-refractivity contribution in [2.75, 3.05) is 13.1 Å². The molecular formula is C24H26F3N3O3. The molecule has 2 heterocycles. The first kappa shape index (κ1) is 24.2. The largest absolute Gasteiger partial charge is 0.467 e. The summed E-state index contributed by atoms with van der Waals surface area (Å²) in [6, 6.07) is 11.3. The van der Waals surface area contributed by atoms with Crippen molar-refractivity contribution in [2.24, 2.45) is 7.05 Å². The van der Waals surface area contributed by atoms with E-state index in [4.69, 9.17) is 4.42 Å². The van der Waals surface area contributed by atoms with E-state index >= 15 is 0 Å². The number of hydrogen-bond donors (Lipinski definition) is 0. The van der Waals surface area contributed by atoms with Gasteiger partial charge in [0, 0.05) is 31.0 Å². The maximum Gasteiger partial charge on any atom is 0.416 e.